The van der Waals surface area contributed by atoms with Crippen molar-refractivity contribution in [2.24, 2.45) is 5.41 Å². The second kappa shape index (κ2) is 5.77. The summed E-state index contributed by atoms with van der Waals surface area (Å²) < 4.78 is 4.93. The predicted octanol–water partition coefficient (Wildman–Crippen LogP) is 1.74. The third-order valence-corrected chi connectivity index (χ3v) is 5.20. The molecule has 2 aliphatic rings. The van der Waals surface area contributed by atoms with Crippen LogP contribution in [0, 0.1) is 5.41 Å². The molecule has 1 aromatic rings. The maximum atomic E-state index is 12.9. The van der Waals surface area contributed by atoms with Crippen molar-refractivity contribution in [1.82, 2.24) is 4.90 Å². The zero-order chi connectivity index (χ0) is 14.9. The lowest BCUT2D eigenvalue weighted by Crippen LogP contribution is -2.50. The molecule has 0 radical (unpaired) electrons. The van der Waals surface area contributed by atoms with Crippen molar-refractivity contribution in [1.29, 1.82) is 0 Å². The highest BCUT2D eigenvalue weighted by molar-refractivity contribution is 7.08. The van der Waals surface area contributed by atoms with E-state index >= 15 is 0 Å². The number of hydrogen-bond donors (Lipinski definition) is 0. The molecular formula is C15H20N2O3S. The SMILES string of the molecule is COCC(=O)N1CCC[C@]2(CCN(c3ccsc3)C2=O)C1. The molecule has 2 aliphatic heterocycles. The predicted molar refractivity (Wildman–Crippen MR) is 81.4 cm³/mol. The van der Waals surface area contributed by atoms with Crippen LogP contribution in [0.5, 0.6) is 0 Å². The molecule has 0 unspecified atom stereocenters. The smallest absolute Gasteiger partial charge is 0.248 e. The van der Waals surface area contributed by atoms with Gasteiger partial charge in [-0.25, -0.2) is 0 Å². The standard InChI is InChI=1S/C15H20N2O3S/c1-20-9-13(18)16-6-2-4-15(11-16)5-7-17(14(15)19)12-3-8-21-10-12/h3,8,10H,2,4-7,9,11H2,1H3/t15-/m0/s1. The number of carbonyl (C=O) groups excluding carboxylic acids is 2. The Bertz CT molecular complexity index is 531. The third-order valence-electron chi connectivity index (χ3n) is 4.53. The molecule has 3 heterocycles. The second-order valence-electron chi connectivity index (χ2n) is 5.82. The second-order valence-corrected chi connectivity index (χ2v) is 6.60. The topological polar surface area (TPSA) is 49.9 Å². The molecule has 5 nitrogen and oxygen atoms in total. The van der Waals surface area contributed by atoms with Crippen LogP contribution in [0.15, 0.2) is 16.8 Å². The molecular weight excluding hydrogens is 288 g/mol. The lowest BCUT2D eigenvalue weighted by molar-refractivity contribution is -0.141. The van der Waals surface area contributed by atoms with Crippen LogP contribution in [0.4, 0.5) is 5.69 Å². The summed E-state index contributed by atoms with van der Waals surface area (Å²) in [5.41, 5.74) is 0.603. The number of ether oxygens (including phenoxy) is 1. The zero-order valence-electron chi connectivity index (χ0n) is 12.2. The molecule has 0 saturated carbocycles. The summed E-state index contributed by atoms with van der Waals surface area (Å²) in [7, 11) is 1.52. The largest absolute Gasteiger partial charge is 0.375 e. The molecule has 1 spiro atoms. The molecule has 1 aromatic heterocycles. The van der Waals surface area contributed by atoms with Gasteiger partial charge in [-0.1, -0.05) is 0 Å². The molecule has 2 saturated heterocycles. The van der Waals surface area contributed by atoms with Crippen LogP contribution in [0.2, 0.25) is 0 Å². The monoisotopic (exact) mass is 308 g/mol. The number of likely N-dealkylation sites (tertiary alicyclic amines) is 1. The number of methoxy groups -OCH3 is 1. The van der Waals surface area contributed by atoms with E-state index in [1.54, 1.807) is 16.2 Å². The number of amides is 2. The maximum absolute atomic E-state index is 12.9. The fraction of sp³-hybridized carbons (Fsp3) is 0.600. The van der Waals surface area contributed by atoms with Crippen molar-refractivity contribution in [2.45, 2.75) is 19.3 Å². The third kappa shape index (κ3) is 2.58. The highest BCUT2D eigenvalue weighted by Crippen LogP contribution is 2.42. The molecule has 0 aliphatic carbocycles. The molecule has 1 atom stereocenters. The number of thiophene rings is 1. The number of nitrogens with zero attached hydrogens (tertiary/aromatic N) is 2. The van der Waals surface area contributed by atoms with Crippen LogP contribution in [0.1, 0.15) is 19.3 Å². The number of anilines is 1. The summed E-state index contributed by atoms with van der Waals surface area (Å²) in [6.07, 6.45) is 2.60. The summed E-state index contributed by atoms with van der Waals surface area (Å²) in [6.45, 7) is 2.12. The van der Waals surface area contributed by atoms with Gasteiger partial charge >= 0.3 is 0 Å². The fourth-order valence-corrected chi connectivity index (χ4v) is 4.06. The van der Waals surface area contributed by atoms with E-state index in [-0.39, 0.29) is 23.8 Å². The molecule has 0 bridgehead atoms. The van der Waals surface area contributed by atoms with E-state index in [2.05, 4.69) is 0 Å². The Balaban J connectivity index is 1.75. The van der Waals surface area contributed by atoms with Gasteiger partial charge in [0.15, 0.2) is 0 Å². The first-order chi connectivity index (χ1) is 10.2. The van der Waals surface area contributed by atoms with Crippen molar-refractivity contribution in [2.75, 3.05) is 38.3 Å². The quantitative estimate of drug-likeness (QED) is 0.854. The van der Waals surface area contributed by atoms with Gasteiger partial charge in [0.2, 0.25) is 11.8 Å². The average molecular weight is 308 g/mol. The summed E-state index contributed by atoms with van der Waals surface area (Å²) in [6, 6.07) is 1.98. The van der Waals surface area contributed by atoms with Gasteiger partial charge in [0.05, 0.1) is 11.1 Å². The van der Waals surface area contributed by atoms with E-state index in [0.717, 1.165) is 38.0 Å². The first-order valence-electron chi connectivity index (χ1n) is 7.27. The molecule has 2 amide bonds. The van der Waals surface area contributed by atoms with Crippen LogP contribution in [0.25, 0.3) is 0 Å². The lowest BCUT2D eigenvalue weighted by Gasteiger charge is -2.38. The molecule has 0 aromatic carbocycles. The van der Waals surface area contributed by atoms with Gasteiger partial charge in [0.1, 0.15) is 6.61 Å². The molecule has 0 N–H and O–H groups in total. The highest BCUT2D eigenvalue weighted by atomic mass is 32.1. The van der Waals surface area contributed by atoms with Crippen molar-refractivity contribution in [3.63, 3.8) is 0 Å². The van der Waals surface area contributed by atoms with E-state index < -0.39 is 0 Å². The Morgan fingerprint density at radius 2 is 2.29 bits per heavy atom. The van der Waals surface area contributed by atoms with Gasteiger partial charge in [0.25, 0.3) is 0 Å². The minimum Gasteiger partial charge on any atom is -0.375 e. The van der Waals surface area contributed by atoms with Crippen molar-refractivity contribution in [3.05, 3.63) is 16.8 Å². The van der Waals surface area contributed by atoms with E-state index in [9.17, 15) is 9.59 Å². The molecule has 3 rings (SSSR count). The molecule has 114 valence electrons. The Kier molecular flexibility index (Phi) is 3.99. The number of hydrogen-bond acceptors (Lipinski definition) is 4. The van der Waals surface area contributed by atoms with Gasteiger partial charge in [-0.05, 0) is 30.7 Å². The minimum atomic E-state index is -0.385. The number of rotatable bonds is 3. The normalized spacial score (nSPS) is 25.9. The number of piperidine rings is 1. The van der Waals surface area contributed by atoms with E-state index in [1.165, 1.54) is 7.11 Å². The molecule has 6 heteroatoms. The van der Waals surface area contributed by atoms with Gasteiger partial charge in [-0.2, -0.15) is 11.3 Å². The van der Waals surface area contributed by atoms with Gasteiger partial charge in [0, 0.05) is 32.1 Å². The van der Waals surface area contributed by atoms with Crippen LogP contribution in [0.3, 0.4) is 0 Å². The average Bonchev–Trinajstić information content (AvgIpc) is 3.10. The summed E-state index contributed by atoms with van der Waals surface area (Å²) in [5.74, 6) is 0.161. The summed E-state index contributed by atoms with van der Waals surface area (Å²) in [4.78, 5) is 28.6. The highest BCUT2D eigenvalue weighted by Gasteiger charge is 2.49. The van der Waals surface area contributed by atoms with E-state index in [0.29, 0.717) is 6.54 Å². The van der Waals surface area contributed by atoms with Crippen LogP contribution in [-0.2, 0) is 14.3 Å². The molecule has 2 fully saturated rings. The van der Waals surface area contributed by atoms with Crippen molar-refractivity contribution < 1.29 is 14.3 Å². The first kappa shape index (κ1) is 14.5. The Hall–Kier alpha value is -1.40. The van der Waals surface area contributed by atoms with Gasteiger partial charge < -0.3 is 14.5 Å². The molecule has 21 heavy (non-hydrogen) atoms. The lowest BCUT2D eigenvalue weighted by atomic mass is 9.78. The van der Waals surface area contributed by atoms with E-state index in [1.807, 2.05) is 21.7 Å². The van der Waals surface area contributed by atoms with Crippen LogP contribution < -0.4 is 4.90 Å². The van der Waals surface area contributed by atoms with Gasteiger partial charge in [-0.15, -0.1) is 0 Å². The van der Waals surface area contributed by atoms with Crippen molar-refractivity contribution in [3.8, 4) is 0 Å². The zero-order valence-corrected chi connectivity index (χ0v) is 13.0. The number of carbonyl (C=O) groups is 2. The van der Waals surface area contributed by atoms with Crippen molar-refractivity contribution >= 4 is 28.8 Å². The van der Waals surface area contributed by atoms with Crippen LogP contribution in [-0.4, -0.2) is 50.1 Å². The first-order valence-corrected chi connectivity index (χ1v) is 8.21. The minimum absolute atomic E-state index is 0.0154. The van der Waals surface area contributed by atoms with Gasteiger partial charge in [-0.3, -0.25) is 9.59 Å². The van der Waals surface area contributed by atoms with E-state index in [4.69, 9.17) is 4.74 Å². The van der Waals surface area contributed by atoms with Crippen LogP contribution >= 0.6 is 11.3 Å². The summed E-state index contributed by atoms with van der Waals surface area (Å²) in [5, 5.41) is 4.00. The Labute approximate surface area is 128 Å². The fourth-order valence-electron chi connectivity index (χ4n) is 3.42. The Morgan fingerprint density at radius 3 is 3.00 bits per heavy atom. The Morgan fingerprint density at radius 1 is 1.43 bits per heavy atom. The maximum Gasteiger partial charge on any atom is 0.248 e. The summed E-state index contributed by atoms with van der Waals surface area (Å²) >= 11 is 1.60.